The molecule has 6 N–H and O–H groups in total. The highest BCUT2D eigenvalue weighted by Crippen LogP contribution is 2.31. The van der Waals surface area contributed by atoms with Crippen molar-refractivity contribution >= 4 is 23.5 Å². The number of hydrogen-bond acceptors (Lipinski definition) is 9. The second-order valence-electron chi connectivity index (χ2n) is 7.88. The van der Waals surface area contributed by atoms with Crippen LogP contribution >= 0.6 is 0 Å². The van der Waals surface area contributed by atoms with Crippen molar-refractivity contribution in [1.82, 2.24) is 25.9 Å². The summed E-state index contributed by atoms with van der Waals surface area (Å²) in [6.45, 7) is 0.934. The normalized spacial score (nSPS) is 16.9. The van der Waals surface area contributed by atoms with E-state index in [1.807, 2.05) is 0 Å². The van der Waals surface area contributed by atoms with Gasteiger partial charge >= 0.3 is 0 Å². The summed E-state index contributed by atoms with van der Waals surface area (Å²) in [5, 5.41) is 19.1. The molecule has 2 heterocycles. The van der Waals surface area contributed by atoms with Crippen LogP contribution in [0.5, 0.6) is 11.5 Å². The van der Waals surface area contributed by atoms with Crippen LogP contribution in [0.2, 0.25) is 0 Å². The van der Waals surface area contributed by atoms with Crippen LogP contribution in [-0.2, 0) is 0 Å². The summed E-state index contributed by atoms with van der Waals surface area (Å²) in [4.78, 5) is 45.8. The van der Waals surface area contributed by atoms with Crippen LogP contribution in [0.3, 0.4) is 0 Å². The molecule has 1 fully saturated rings. The highest BCUT2D eigenvalue weighted by atomic mass is 16.5. The van der Waals surface area contributed by atoms with E-state index in [-0.39, 0.29) is 46.7 Å². The number of benzene rings is 2. The summed E-state index contributed by atoms with van der Waals surface area (Å²) in [6, 6.07) is 11.5. The fraction of sp³-hybridized carbons (Fsp3) is 0.208. The average Bonchev–Trinajstić information content (AvgIpc) is 3.30. The van der Waals surface area contributed by atoms with Crippen LogP contribution in [0.4, 0.5) is 5.95 Å². The van der Waals surface area contributed by atoms with Crippen molar-refractivity contribution in [1.29, 1.82) is 0 Å². The van der Waals surface area contributed by atoms with E-state index in [0.29, 0.717) is 24.2 Å². The summed E-state index contributed by atoms with van der Waals surface area (Å²) in [5.41, 5.74) is 6.42. The third kappa shape index (κ3) is 5.20. The van der Waals surface area contributed by atoms with Gasteiger partial charge < -0.3 is 31.5 Å². The fourth-order valence-electron chi connectivity index (χ4n) is 3.78. The Hall–Kier alpha value is -4.51. The number of ether oxygens (including phenoxy) is 1. The number of hydrogen-bond donors (Lipinski definition) is 5. The van der Waals surface area contributed by atoms with Crippen molar-refractivity contribution in [2.45, 2.75) is 12.1 Å². The zero-order valence-corrected chi connectivity index (χ0v) is 18.8. The third-order valence-electron chi connectivity index (χ3n) is 5.63. The number of nitrogens with two attached hydrogens (primary N) is 1. The minimum absolute atomic E-state index is 0.00408. The van der Waals surface area contributed by atoms with E-state index < -0.39 is 11.7 Å². The molecule has 0 bridgehead atoms. The molecule has 1 aliphatic heterocycles. The molecular weight excluding hydrogens is 452 g/mol. The van der Waals surface area contributed by atoms with Crippen molar-refractivity contribution in [3.05, 3.63) is 77.1 Å². The SMILES string of the molecule is COc1cccc(C(=O)c2ccc(C(=O)N[C@@H]3CNC[C@H]3NC(=O)c3ccnc(N)n3)cc2)c1O. The van der Waals surface area contributed by atoms with Crippen LogP contribution in [0.25, 0.3) is 0 Å². The zero-order chi connectivity index (χ0) is 24.9. The molecule has 0 unspecified atom stereocenters. The van der Waals surface area contributed by atoms with Gasteiger partial charge in [0, 0.05) is 30.4 Å². The summed E-state index contributed by atoms with van der Waals surface area (Å²) in [5.74, 6) is -1.23. The van der Waals surface area contributed by atoms with E-state index in [1.165, 1.54) is 49.7 Å². The second kappa shape index (κ2) is 10.2. The minimum atomic E-state index is -0.421. The smallest absolute Gasteiger partial charge is 0.270 e. The van der Waals surface area contributed by atoms with Crippen LogP contribution in [0.15, 0.2) is 54.7 Å². The van der Waals surface area contributed by atoms with Gasteiger partial charge in [0.15, 0.2) is 17.3 Å². The van der Waals surface area contributed by atoms with Crippen molar-refractivity contribution in [3.63, 3.8) is 0 Å². The number of carbonyl (C=O) groups is 3. The maximum absolute atomic E-state index is 12.8. The number of anilines is 1. The fourth-order valence-corrected chi connectivity index (χ4v) is 3.78. The van der Waals surface area contributed by atoms with Crippen LogP contribution < -0.4 is 26.4 Å². The number of carbonyl (C=O) groups excluding carboxylic acids is 3. The van der Waals surface area contributed by atoms with Gasteiger partial charge in [0.25, 0.3) is 11.8 Å². The Balaban J connectivity index is 1.41. The van der Waals surface area contributed by atoms with Gasteiger partial charge in [-0.05, 0) is 30.3 Å². The Morgan fingerprint density at radius 1 is 1.00 bits per heavy atom. The lowest BCUT2D eigenvalue weighted by Gasteiger charge is -2.21. The molecule has 180 valence electrons. The highest BCUT2D eigenvalue weighted by Gasteiger charge is 2.30. The van der Waals surface area contributed by atoms with Crippen LogP contribution in [0.1, 0.15) is 36.8 Å². The van der Waals surface area contributed by atoms with Crippen molar-refractivity contribution in [2.75, 3.05) is 25.9 Å². The van der Waals surface area contributed by atoms with E-state index in [9.17, 15) is 19.5 Å². The van der Waals surface area contributed by atoms with E-state index in [2.05, 4.69) is 25.9 Å². The predicted octanol–water partition coefficient (Wildman–Crippen LogP) is 0.504. The van der Waals surface area contributed by atoms with Gasteiger partial charge in [0.1, 0.15) is 5.69 Å². The number of methoxy groups -OCH3 is 1. The van der Waals surface area contributed by atoms with Crippen LogP contribution in [-0.4, -0.2) is 65.0 Å². The quantitative estimate of drug-likeness (QED) is 0.305. The van der Waals surface area contributed by atoms with Crippen molar-refractivity contribution in [3.8, 4) is 11.5 Å². The number of para-hydroxylation sites is 1. The molecule has 2 atom stereocenters. The number of ketones is 1. The molecule has 0 spiro atoms. The Bertz CT molecular complexity index is 1260. The maximum Gasteiger partial charge on any atom is 0.270 e. The Labute approximate surface area is 200 Å². The maximum atomic E-state index is 12.8. The molecule has 11 nitrogen and oxygen atoms in total. The molecule has 2 aromatic carbocycles. The predicted molar refractivity (Wildman–Crippen MR) is 126 cm³/mol. The molecule has 1 aliphatic rings. The summed E-state index contributed by atoms with van der Waals surface area (Å²) >= 11 is 0. The van der Waals surface area contributed by atoms with Crippen molar-refractivity contribution < 1.29 is 24.2 Å². The topological polar surface area (TPSA) is 169 Å². The molecule has 4 rings (SSSR count). The molecule has 1 aromatic heterocycles. The molecule has 0 aliphatic carbocycles. The number of nitrogens with zero attached hydrogens (tertiary/aromatic N) is 2. The number of amides is 2. The van der Waals surface area contributed by atoms with Gasteiger partial charge in [-0.2, -0.15) is 0 Å². The molecule has 11 heteroatoms. The Kier molecular flexibility index (Phi) is 6.88. The average molecular weight is 476 g/mol. The number of nitrogen functional groups attached to an aromatic ring is 1. The number of aromatic nitrogens is 2. The number of phenolic OH excluding ortho intramolecular Hbond substituents is 1. The zero-order valence-electron chi connectivity index (χ0n) is 18.8. The Morgan fingerprint density at radius 2 is 1.66 bits per heavy atom. The van der Waals surface area contributed by atoms with Crippen LogP contribution in [0, 0.1) is 0 Å². The molecule has 0 radical (unpaired) electrons. The highest BCUT2D eigenvalue weighted by molar-refractivity contribution is 6.11. The largest absolute Gasteiger partial charge is 0.504 e. The minimum Gasteiger partial charge on any atom is -0.504 e. The van der Waals surface area contributed by atoms with Gasteiger partial charge in [0.05, 0.1) is 24.8 Å². The molecular formula is C24H24N6O5. The number of aromatic hydroxyl groups is 1. The van der Waals surface area contributed by atoms with E-state index >= 15 is 0 Å². The van der Waals surface area contributed by atoms with E-state index in [0.717, 1.165) is 0 Å². The first-order valence-corrected chi connectivity index (χ1v) is 10.8. The second-order valence-corrected chi connectivity index (χ2v) is 7.88. The van der Waals surface area contributed by atoms with Crippen molar-refractivity contribution in [2.24, 2.45) is 0 Å². The van der Waals surface area contributed by atoms with Gasteiger partial charge in [-0.15, -0.1) is 0 Å². The van der Waals surface area contributed by atoms with E-state index in [1.54, 1.807) is 12.1 Å². The summed E-state index contributed by atoms with van der Waals surface area (Å²) < 4.78 is 5.05. The summed E-state index contributed by atoms with van der Waals surface area (Å²) in [6.07, 6.45) is 1.40. The Morgan fingerprint density at radius 3 is 2.31 bits per heavy atom. The van der Waals surface area contributed by atoms with Gasteiger partial charge in [-0.25, -0.2) is 9.97 Å². The lowest BCUT2D eigenvalue weighted by Crippen LogP contribution is -2.51. The lowest BCUT2D eigenvalue weighted by molar-refractivity contribution is 0.0894. The monoisotopic (exact) mass is 476 g/mol. The summed E-state index contributed by atoms with van der Waals surface area (Å²) in [7, 11) is 1.40. The van der Waals surface area contributed by atoms with Gasteiger partial charge in [-0.3, -0.25) is 14.4 Å². The van der Waals surface area contributed by atoms with Gasteiger partial charge in [0.2, 0.25) is 5.95 Å². The molecule has 1 saturated heterocycles. The first-order valence-electron chi connectivity index (χ1n) is 10.8. The molecule has 35 heavy (non-hydrogen) atoms. The van der Waals surface area contributed by atoms with Gasteiger partial charge in [-0.1, -0.05) is 18.2 Å². The third-order valence-corrected chi connectivity index (χ3v) is 5.63. The molecule has 2 amide bonds. The standard InChI is InChI=1S/C24H24N6O5/c1-35-19-4-2-3-15(21(19)32)20(31)13-5-7-14(8-6-13)22(33)28-17-11-26-12-18(17)29-23(34)16-9-10-27-24(25)30-16/h2-10,17-18,26,32H,11-12H2,1H3,(H,28,33)(H,29,34)(H2,25,27,30)/t17-,18-/m1/s1. The molecule has 3 aromatic rings. The first-order chi connectivity index (χ1) is 16.9. The molecule has 0 saturated carbocycles. The van der Waals surface area contributed by atoms with E-state index in [4.69, 9.17) is 10.5 Å². The number of nitrogens with one attached hydrogen (secondary N) is 3. The first kappa shape index (κ1) is 23.6. The number of phenols is 1. The number of rotatable bonds is 7. The lowest BCUT2D eigenvalue weighted by atomic mass is 10.0.